The van der Waals surface area contributed by atoms with Crippen LogP contribution in [0.5, 0.6) is 5.75 Å². The van der Waals surface area contributed by atoms with Crippen molar-refractivity contribution < 1.29 is 9.13 Å². The van der Waals surface area contributed by atoms with Crippen molar-refractivity contribution in [2.75, 3.05) is 13.2 Å². The van der Waals surface area contributed by atoms with Gasteiger partial charge in [0.1, 0.15) is 11.6 Å². The molecule has 0 radical (unpaired) electrons. The maximum Gasteiger partial charge on any atom is 0.189 e. The lowest BCUT2D eigenvalue weighted by Crippen LogP contribution is -2.37. The predicted molar refractivity (Wildman–Crippen MR) is 109 cm³/mol. The van der Waals surface area contributed by atoms with Crippen LogP contribution in [0.2, 0.25) is 0 Å². The summed E-state index contributed by atoms with van der Waals surface area (Å²) in [5.41, 5.74) is 9.16. The molecular weight excluding hydrogens is 432 g/mol. The van der Waals surface area contributed by atoms with Gasteiger partial charge in [-0.25, -0.2) is 4.39 Å². The molecule has 0 aliphatic carbocycles. The molecule has 25 heavy (non-hydrogen) atoms. The number of fused-ring (bicyclic) bond motifs is 1. The van der Waals surface area contributed by atoms with E-state index in [1.807, 2.05) is 31.2 Å². The van der Waals surface area contributed by atoms with Gasteiger partial charge in [-0.1, -0.05) is 24.3 Å². The number of guanidine groups is 1. The summed E-state index contributed by atoms with van der Waals surface area (Å²) in [7, 11) is 0. The highest BCUT2D eigenvalue weighted by atomic mass is 127. The molecule has 1 aliphatic heterocycles. The van der Waals surface area contributed by atoms with Gasteiger partial charge in [0, 0.05) is 18.5 Å². The summed E-state index contributed by atoms with van der Waals surface area (Å²) < 4.78 is 18.8. The quantitative estimate of drug-likeness (QED) is 0.420. The molecule has 2 aromatic rings. The van der Waals surface area contributed by atoms with E-state index in [0.717, 1.165) is 35.3 Å². The average Bonchev–Trinajstić information content (AvgIpc) is 2.57. The van der Waals surface area contributed by atoms with Gasteiger partial charge in [-0.2, -0.15) is 0 Å². The summed E-state index contributed by atoms with van der Waals surface area (Å²) in [5.74, 6) is 1.12. The lowest BCUT2D eigenvalue weighted by atomic mass is 10.0. The Morgan fingerprint density at radius 3 is 2.92 bits per heavy atom. The van der Waals surface area contributed by atoms with Gasteiger partial charge in [0.2, 0.25) is 0 Å². The second kappa shape index (κ2) is 9.03. The van der Waals surface area contributed by atoms with E-state index in [1.54, 1.807) is 12.1 Å². The second-order valence-corrected chi connectivity index (χ2v) is 5.96. The van der Waals surface area contributed by atoms with Gasteiger partial charge in [-0.15, -0.1) is 24.0 Å². The molecule has 3 N–H and O–H groups in total. The first-order valence-corrected chi connectivity index (χ1v) is 8.16. The molecule has 0 bridgehead atoms. The Labute approximate surface area is 164 Å². The lowest BCUT2D eigenvalue weighted by molar-refractivity contribution is 0.262. The van der Waals surface area contributed by atoms with Crippen molar-refractivity contribution in [3.63, 3.8) is 0 Å². The van der Waals surface area contributed by atoms with Gasteiger partial charge in [0.15, 0.2) is 5.96 Å². The number of rotatable bonds is 4. The summed E-state index contributed by atoms with van der Waals surface area (Å²) in [6, 6.07) is 12.9. The molecular formula is C19H23FIN3O. The van der Waals surface area contributed by atoms with Crippen molar-refractivity contribution in [1.82, 2.24) is 5.32 Å². The van der Waals surface area contributed by atoms with Gasteiger partial charge >= 0.3 is 0 Å². The number of nitrogens with one attached hydrogen (secondary N) is 1. The Morgan fingerprint density at radius 2 is 2.12 bits per heavy atom. The summed E-state index contributed by atoms with van der Waals surface area (Å²) in [6.45, 7) is 3.13. The predicted octanol–water partition coefficient (Wildman–Crippen LogP) is 3.72. The zero-order valence-electron chi connectivity index (χ0n) is 14.2. The first kappa shape index (κ1) is 19.5. The number of ether oxygens (including phenoxy) is 1. The third-order valence-corrected chi connectivity index (χ3v) is 4.25. The third kappa shape index (κ3) is 5.07. The number of hydrogen-bond donors (Lipinski definition) is 2. The van der Waals surface area contributed by atoms with Gasteiger partial charge in [-0.3, -0.25) is 4.99 Å². The smallest absolute Gasteiger partial charge is 0.189 e. The minimum absolute atomic E-state index is 0. The molecule has 6 heteroatoms. The minimum Gasteiger partial charge on any atom is -0.493 e. The van der Waals surface area contributed by atoms with Gasteiger partial charge in [0.05, 0.1) is 12.6 Å². The van der Waals surface area contributed by atoms with Crippen LogP contribution in [0.4, 0.5) is 4.39 Å². The Morgan fingerprint density at radius 1 is 1.32 bits per heavy atom. The topological polar surface area (TPSA) is 59.6 Å². The Balaban J connectivity index is 0.00000225. The fraction of sp³-hybridized carbons (Fsp3) is 0.316. The SMILES string of the molecule is Cc1cc(F)ccc1CCN=C(N)NC1CCOc2ccccc21.I. The molecule has 1 atom stereocenters. The standard InChI is InChI=1S/C19H22FN3O.HI/c1-13-12-15(20)7-6-14(13)8-10-22-19(21)23-17-9-11-24-18-5-3-2-4-16(17)18;/h2-7,12,17H,8-11H2,1H3,(H3,21,22,23);1H. The maximum atomic E-state index is 13.1. The summed E-state index contributed by atoms with van der Waals surface area (Å²) >= 11 is 0. The van der Waals surface area contributed by atoms with Gasteiger partial charge < -0.3 is 15.8 Å². The molecule has 0 saturated carbocycles. The zero-order valence-corrected chi connectivity index (χ0v) is 16.5. The van der Waals surface area contributed by atoms with E-state index in [1.165, 1.54) is 6.07 Å². The number of hydrogen-bond acceptors (Lipinski definition) is 2. The van der Waals surface area contributed by atoms with E-state index in [4.69, 9.17) is 10.5 Å². The second-order valence-electron chi connectivity index (χ2n) is 5.96. The van der Waals surface area contributed by atoms with Crippen molar-refractivity contribution in [3.8, 4) is 5.75 Å². The summed E-state index contributed by atoms with van der Waals surface area (Å²) in [6.07, 6.45) is 1.59. The highest BCUT2D eigenvalue weighted by Gasteiger charge is 2.21. The minimum atomic E-state index is -0.209. The van der Waals surface area contributed by atoms with Crippen LogP contribution in [0.25, 0.3) is 0 Å². The Kier molecular flexibility index (Phi) is 7.04. The highest BCUT2D eigenvalue weighted by Crippen LogP contribution is 2.31. The molecule has 3 rings (SSSR count). The van der Waals surface area contributed by atoms with Crippen LogP contribution in [0.3, 0.4) is 0 Å². The van der Waals surface area contributed by atoms with Gasteiger partial charge in [0.25, 0.3) is 0 Å². The van der Waals surface area contributed by atoms with Crippen molar-refractivity contribution >= 4 is 29.9 Å². The molecule has 2 aromatic carbocycles. The van der Waals surface area contributed by atoms with Crippen LogP contribution in [-0.4, -0.2) is 19.1 Å². The van der Waals surface area contributed by atoms with Crippen molar-refractivity contribution in [1.29, 1.82) is 0 Å². The Bertz CT molecular complexity index is 751. The normalized spacial score (nSPS) is 16.4. The van der Waals surface area contributed by atoms with Crippen LogP contribution in [0, 0.1) is 12.7 Å². The molecule has 0 amide bonds. The van der Waals surface area contributed by atoms with Crippen molar-refractivity contribution in [2.45, 2.75) is 25.8 Å². The average molecular weight is 455 g/mol. The Hall–Kier alpha value is -1.83. The highest BCUT2D eigenvalue weighted by molar-refractivity contribution is 14.0. The maximum absolute atomic E-state index is 13.1. The zero-order chi connectivity index (χ0) is 16.9. The van der Waals surface area contributed by atoms with Gasteiger partial charge in [-0.05, 0) is 42.7 Å². The first-order chi connectivity index (χ1) is 11.6. The van der Waals surface area contributed by atoms with Crippen LogP contribution in [0.15, 0.2) is 47.5 Å². The van der Waals surface area contributed by atoms with E-state index in [9.17, 15) is 4.39 Å². The number of aryl methyl sites for hydroxylation is 1. The van der Waals surface area contributed by atoms with E-state index in [0.29, 0.717) is 19.1 Å². The van der Waals surface area contributed by atoms with E-state index in [2.05, 4.69) is 10.3 Å². The molecule has 1 aliphatic rings. The third-order valence-electron chi connectivity index (χ3n) is 4.25. The van der Waals surface area contributed by atoms with Crippen LogP contribution >= 0.6 is 24.0 Å². The molecule has 0 spiro atoms. The summed E-state index contributed by atoms with van der Waals surface area (Å²) in [4.78, 5) is 4.40. The molecule has 4 nitrogen and oxygen atoms in total. The van der Waals surface area contributed by atoms with Crippen molar-refractivity contribution in [2.24, 2.45) is 10.7 Å². The van der Waals surface area contributed by atoms with E-state index in [-0.39, 0.29) is 35.8 Å². The molecule has 0 aromatic heterocycles. The largest absolute Gasteiger partial charge is 0.493 e. The molecule has 134 valence electrons. The monoisotopic (exact) mass is 455 g/mol. The van der Waals surface area contributed by atoms with Crippen LogP contribution in [-0.2, 0) is 6.42 Å². The number of nitrogens with zero attached hydrogens (tertiary/aromatic N) is 1. The lowest BCUT2D eigenvalue weighted by Gasteiger charge is -2.26. The first-order valence-electron chi connectivity index (χ1n) is 8.16. The number of aliphatic imine (C=N–C) groups is 1. The molecule has 1 heterocycles. The number of halogens is 2. The molecule has 0 saturated heterocycles. The van der Waals surface area contributed by atoms with E-state index >= 15 is 0 Å². The number of benzene rings is 2. The molecule has 0 fully saturated rings. The van der Waals surface area contributed by atoms with Crippen LogP contribution in [0.1, 0.15) is 29.2 Å². The molecule has 1 unspecified atom stereocenters. The van der Waals surface area contributed by atoms with E-state index < -0.39 is 0 Å². The fourth-order valence-corrected chi connectivity index (χ4v) is 2.95. The fourth-order valence-electron chi connectivity index (χ4n) is 2.95. The summed E-state index contributed by atoms with van der Waals surface area (Å²) in [5, 5.41) is 3.27. The number of nitrogens with two attached hydrogens (primary N) is 1. The number of para-hydroxylation sites is 1. The van der Waals surface area contributed by atoms with Crippen molar-refractivity contribution in [3.05, 3.63) is 65.0 Å². The van der Waals surface area contributed by atoms with Crippen LogP contribution < -0.4 is 15.8 Å².